The van der Waals surface area contributed by atoms with E-state index in [9.17, 15) is 29.7 Å². The van der Waals surface area contributed by atoms with E-state index < -0.39 is 41.4 Å². The van der Waals surface area contributed by atoms with Crippen molar-refractivity contribution in [2.75, 3.05) is 7.11 Å². The monoisotopic (exact) mass is 387 g/mol. The number of methoxy groups -OCH3 is 1. The number of allylic oxidation sites excluding steroid dienone is 2. The van der Waals surface area contributed by atoms with Gasteiger partial charge in [0.1, 0.15) is 11.8 Å². The molecule has 4 atom stereocenters. The van der Waals surface area contributed by atoms with Crippen LogP contribution in [0.4, 0.5) is 0 Å². The van der Waals surface area contributed by atoms with Gasteiger partial charge in [-0.25, -0.2) is 0 Å². The summed E-state index contributed by atoms with van der Waals surface area (Å²) in [5.41, 5.74) is 1.34. The summed E-state index contributed by atoms with van der Waals surface area (Å²) in [7, 11) is 1.36. The Morgan fingerprint density at radius 2 is 1.82 bits per heavy atom. The number of ether oxygens (including phenoxy) is 1. The molecule has 8 heteroatoms. The molecule has 8 nitrogen and oxygen atoms in total. The van der Waals surface area contributed by atoms with Crippen LogP contribution in [0.5, 0.6) is 11.5 Å². The number of phenols is 1. The maximum absolute atomic E-state index is 13.1. The lowest BCUT2D eigenvalue weighted by molar-refractivity contribution is -0.147. The fourth-order valence-electron chi connectivity index (χ4n) is 4.15. The maximum Gasteiger partial charge on any atom is 0.314 e. The summed E-state index contributed by atoms with van der Waals surface area (Å²) in [6, 6.07) is 4.35. The quantitative estimate of drug-likeness (QED) is 0.675. The van der Waals surface area contributed by atoms with Crippen molar-refractivity contribution in [1.29, 1.82) is 0 Å². The van der Waals surface area contributed by atoms with E-state index in [1.54, 1.807) is 13.8 Å². The van der Waals surface area contributed by atoms with Gasteiger partial charge in [-0.3, -0.25) is 19.4 Å². The number of Topliss-reactive ketones (excluding diaryl/α,β-unsaturated/α-hetero) is 1. The second-order valence-corrected chi connectivity index (χ2v) is 7.20. The van der Waals surface area contributed by atoms with Crippen LogP contribution in [0, 0.1) is 17.8 Å². The zero-order valence-corrected chi connectivity index (χ0v) is 15.7. The topological polar surface area (TPSA) is 133 Å². The SMILES string of the molecule is COc1cc(C2C3=C(CC(C)C(C(=O)O)C3=O)N=C(C)C2C(=O)O)ccc1O. The van der Waals surface area contributed by atoms with Crippen molar-refractivity contribution in [3.8, 4) is 11.5 Å². The van der Waals surface area contributed by atoms with E-state index in [1.165, 1.54) is 25.3 Å². The Bertz CT molecular complexity index is 930. The molecular formula is C20H21NO7. The molecule has 28 heavy (non-hydrogen) atoms. The zero-order valence-electron chi connectivity index (χ0n) is 15.7. The molecule has 0 bridgehead atoms. The third kappa shape index (κ3) is 3.04. The molecule has 148 valence electrons. The number of phenolic OH excluding ortho intramolecular Hbond substituents is 1. The van der Waals surface area contributed by atoms with Gasteiger partial charge in [0.2, 0.25) is 0 Å². The van der Waals surface area contributed by atoms with Gasteiger partial charge in [-0.1, -0.05) is 13.0 Å². The standard InChI is InChI=1S/C20H21NO7/c1-8-6-11-17(18(23)14(8)19(24)25)16(15(20(26)27)9(2)21-11)10-4-5-12(22)13(7-10)28-3/h4-5,7-8,14-16,22H,6H2,1-3H3,(H,24,25)(H,26,27). The van der Waals surface area contributed by atoms with Crippen molar-refractivity contribution in [2.45, 2.75) is 26.2 Å². The Hall–Kier alpha value is -3.16. The first-order valence-electron chi connectivity index (χ1n) is 8.82. The van der Waals surface area contributed by atoms with E-state index in [0.717, 1.165) is 0 Å². The minimum absolute atomic E-state index is 0.122. The third-order valence-electron chi connectivity index (χ3n) is 5.44. The number of hydrogen-bond donors (Lipinski definition) is 3. The first kappa shape index (κ1) is 19.6. The van der Waals surface area contributed by atoms with E-state index in [2.05, 4.69) is 4.99 Å². The van der Waals surface area contributed by atoms with E-state index in [-0.39, 0.29) is 23.5 Å². The molecule has 0 spiro atoms. The molecule has 1 heterocycles. The van der Waals surface area contributed by atoms with Crippen molar-refractivity contribution in [2.24, 2.45) is 22.7 Å². The van der Waals surface area contributed by atoms with Crippen LogP contribution >= 0.6 is 0 Å². The molecule has 0 saturated heterocycles. The largest absolute Gasteiger partial charge is 0.504 e. The average Bonchev–Trinajstić information content (AvgIpc) is 2.60. The molecule has 0 aromatic heterocycles. The number of carbonyl (C=O) groups is 3. The van der Waals surface area contributed by atoms with Crippen molar-refractivity contribution in [1.82, 2.24) is 0 Å². The van der Waals surface area contributed by atoms with Crippen LogP contribution in [0.25, 0.3) is 0 Å². The molecule has 3 rings (SSSR count). The summed E-state index contributed by atoms with van der Waals surface area (Å²) in [5.74, 6) is -6.73. The normalized spacial score (nSPS) is 27.1. The van der Waals surface area contributed by atoms with Gasteiger partial charge in [-0.05, 0) is 37.0 Å². The fourth-order valence-corrected chi connectivity index (χ4v) is 4.15. The Morgan fingerprint density at radius 3 is 2.39 bits per heavy atom. The molecule has 1 aliphatic carbocycles. The van der Waals surface area contributed by atoms with Crippen LogP contribution in [-0.2, 0) is 14.4 Å². The lowest BCUT2D eigenvalue weighted by Crippen LogP contribution is -2.42. The predicted octanol–water partition coefficient (Wildman–Crippen LogP) is 2.22. The van der Waals surface area contributed by atoms with E-state index in [4.69, 9.17) is 4.74 Å². The molecule has 0 fully saturated rings. The Kier molecular flexibility index (Phi) is 4.97. The number of aliphatic carboxylic acids is 2. The molecular weight excluding hydrogens is 366 g/mol. The first-order chi connectivity index (χ1) is 13.2. The number of rotatable bonds is 4. The maximum atomic E-state index is 13.1. The molecule has 1 aliphatic heterocycles. The molecule has 3 N–H and O–H groups in total. The van der Waals surface area contributed by atoms with Crippen LogP contribution in [0.15, 0.2) is 34.5 Å². The number of hydrogen-bond acceptors (Lipinski definition) is 6. The summed E-state index contributed by atoms with van der Waals surface area (Å²) < 4.78 is 5.12. The van der Waals surface area contributed by atoms with Crippen LogP contribution < -0.4 is 4.74 Å². The Morgan fingerprint density at radius 1 is 1.18 bits per heavy atom. The highest BCUT2D eigenvalue weighted by molar-refractivity contribution is 6.13. The lowest BCUT2D eigenvalue weighted by atomic mass is 9.67. The highest BCUT2D eigenvalue weighted by atomic mass is 16.5. The van der Waals surface area contributed by atoms with Crippen LogP contribution in [0.1, 0.15) is 31.7 Å². The molecule has 2 aliphatic rings. The van der Waals surface area contributed by atoms with E-state index in [1.807, 2.05) is 0 Å². The summed E-state index contributed by atoms with van der Waals surface area (Å²) in [6.07, 6.45) is 0.271. The highest BCUT2D eigenvalue weighted by Crippen LogP contribution is 2.47. The number of carboxylic acid groups (broad SMARTS) is 2. The first-order valence-corrected chi connectivity index (χ1v) is 8.82. The Labute approximate surface area is 161 Å². The number of nitrogens with zero attached hydrogens (tertiary/aromatic N) is 1. The summed E-state index contributed by atoms with van der Waals surface area (Å²) in [6.45, 7) is 3.26. The van der Waals surface area contributed by atoms with E-state index >= 15 is 0 Å². The van der Waals surface area contributed by atoms with Gasteiger partial charge in [-0.2, -0.15) is 0 Å². The lowest BCUT2D eigenvalue weighted by Gasteiger charge is -2.37. The van der Waals surface area contributed by atoms with Crippen molar-refractivity contribution < 1.29 is 34.4 Å². The minimum atomic E-state index is -1.25. The third-order valence-corrected chi connectivity index (χ3v) is 5.44. The van der Waals surface area contributed by atoms with Gasteiger partial charge >= 0.3 is 11.9 Å². The summed E-state index contributed by atoms with van der Waals surface area (Å²) >= 11 is 0. The number of aliphatic imine (C=N–C) groups is 1. The second-order valence-electron chi connectivity index (χ2n) is 7.20. The van der Waals surface area contributed by atoms with Gasteiger partial charge in [0.05, 0.1) is 7.11 Å². The minimum Gasteiger partial charge on any atom is -0.504 e. The van der Waals surface area contributed by atoms with Crippen LogP contribution in [0.3, 0.4) is 0 Å². The zero-order chi connectivity index (χ0) is 20.7. The number of carboxylic acids is 2. The number of benzene rings is 1. The van der Waals surface area contributed by atoms with Crippen molar-refractivity contribution >= 4 is 23.4 Å². The van der Waals surface area contributed by atoms with Gasteiger partial charge in [0.25, 0.3) is 0 Å². The summed E-state index contributed by atoms with van der Waals surface area (Å²) in [4.78, 5) is 41.2. The van der Waals surface area contributed by atoms with E-state index in [0.29, 0.717) is 17.0 Å². The Balaban J connectivity index is 2.24. The average molecular weight is 387 g/mol. The molecule has 0 saturated carbocycles. The molecule has 0 amide bonds. The molecule has 0 radical (unpaired) electrons. The number of aromatic hydroxyl groups is 1. The van der Waals surface area contributed by atoms with Gasteiger partial charge in [0.15, 0.2) is 17.3 Å². The number of carbonyl (C=O) groups excluding carboxylic acids is 1. The molecule has 4 unspecified atom stereocenters. The van der Waals surface area contributed by atoms with Gasteiger partial charge < -0.3 is 20.1 Å². The fraction of sp³-hybridized carbons (Fsp3) is 0.400. The summed E-state index contributed by atoms with van der Waals surface area (Å²) in [5, 5.41) is 29.2. The predicted molar refractivity (Wildman–Crippen MR) is 98.6 cm³/mol. The van der Waals surface area contributed by atoms with Gasteiger partial charge in [-0.15, -0.1) is 0 Å². The van der Waals surface area contributed by atoms with Gasteiger partial charge in [0, 0.05) is 22.9 Å². The molecule has 1 aromatic carbocycles. The number of ketones is 1. The van der Waals surface area contributed by atoms with Crippen molar-refractivity contribution in [3.63, 3.8) is 0 Å². The highest BCUT2D eigenvalue weighted by Gasteiger charge is 2.48. The van der Waals surface area contributed by atoms with Crippen LogP contribution in [0.2, 0.25) is 0 Å². The van der Waals surface area contributed by atoms with Crippen LogP contribution in [-0.4, -0.2) is 45.9 Å². The van der Waals surface area contributed by atoms with Crippen molar-refractivity contribution in [3.05, 3.63) is 35.0 Å². The second kappa shape index (κ2) is 7.10. The smallest absolute Gasteiger partial charge is 0.314 e. The molecule has 1 aromatic rings.